The zero-order chi connectivity index (χ0) is 18.9. The molecule has 3 amide bonds. The highest BCUT2D eigenvalue weighted by atomic mass is 16.5. The second-order valence-electron chi connectivity index (χ2n) is 6.33. The SMILES string of the molecule is CCCCCCCCc1cccc(C(OC)=C2NC(=O)NC2=O)c1OC. The van der Waals surface area contributed by atoms with Crippen molar-refractivity contribution in [3.63, 3.8) is 0 Å². The Kier molecular flexibility index (Phi) is 7.51. The Hall–Kier alpha value is -2.50. The molecule has 0 atom stereocenters. The number of unbranched alkanes of at least 4 members (excludes halogenated alkanes) is 5. The summed E-state index contributed by atoms with van der Waals surface area (Å²) < 4.78 is 11.0. The van der Waals surface area contributed by atoms with E-state index in [2.05, 4.69) is 17.6 Å². The molecule has 1 aromatic rings. The molecule has 0 radical (unpaired) electrons. The van der Waals surface area contributed by atoms with Crippen LogP contribution in [0.2, 0.25) is 0 Å². The van der Waals surface area contributed by atoms with Crippen molar-refractivity contribution < 1.29 is 19.1 Å². The summed E-state index contributed by atoms with van der Waals surface area (Å²) >= 11 is 0. The number of hydrogen-bond acceptors (Lipinski definition) is 4. The average molecular weight is 360 g/mol. The van der Waals surface area contributed by atoms with Crippen molar-refractivity contribution in [3.8, 4) is 5.75 Å². The number of nitrogens with one attached hydrogen (secondary N) is 2. The highest BCUT2D eigenvalue weighted by Gasteiger charge is 2.29. The van der Waals surface area contributed by atoms with Crippen molar-refractivity contribution in [2.24, 2.45) is 0 Å². The molecule has 0 unspecified atom stereocenters. The number of imide groups is 1. The number of amides is 3. The van der Waals surface area contributed by atoms with Crippen molar-refractivity contribution in [2.75, 3.05) is 14.2 Å². The molecule has 6 nitrogen and oxygen atoms in total. The van der Waals surface area contributed by atoms with Gasteiger partial charge >= 0.3 is 6.03 Å². The maximum atomic E-state index is 12.0. The van der Waals surface area contributed by atoms with Crippen LogP contribution in [0.15, 0.2) is 23.9 Å². The second-order valence-corrected chi connectivity index (χ2v) is 6.33. The number of aryl methyl sites for hydroxylation is 1. The Bertz CT molecular complexity index is 682. The molecule has 0 aromatic heterocycles. The number of urea groups is 1. The smallest absolute Gasteiger partial charge is 0.326 e. The molecule has 0 bridgehead atoms. The Morgan fingerprint density at radius 3 is 2.35 bits per heavy atom. The normalized spacial score (nSPS) is 15.5. The van der Waals surface area contributed by atoms with E-state index in [0.717, 1.165) is 18.4 Å². The van der Waals surface area contributed by atoms with Gasteiger partial charge in [0.2, 0.25) is 0 Å². The number of hydrogen-bond donors (Lipinski definition) is 2. The summed E-state index contributed by atoms with van der Waals surface area (Å²) in [5, 5.41) is 4.69. The molecule has 1 aliphatic heterocycles. The molecule has 1 aliphatic rings. The quantitative estimate of drug-likeness (QED) is 0.288. The van der Waals surface area contributed by atoms with Gasteiger partial charge in [-0.2, -0.15) is 0 Å². The number of ether oxygens (including phenoxy) is 2. The van der Waals surface area contributed by atoms with Crippen LogP contribution >= 0.6 is 0 Å². The number of carbonyl (C=O) groups excluding carboxylic acids is 2. The lowest BCUT2D eigenvalue weighted by Gasteiger charge is -2.16. The van der Waals surface area contributed by atoms with Crippen LogP contribution in [-0.4, -0.2) is 26.2 Å². The highest BCUT2D eigenvalue weighted by molar-refractivity contribution is 6.15. The molecule has 0 aliphatic carbocycles. The first-order valence-corrected chi connectivity index (χ1v) is 9.19. The van der Waals surface area contributed by atoms with Crippen molar-refractivity contribution >= 4 is 17.7 Å². The minimum atomic E-state index is -0.554. The van der Waals surface area contributed by atoms with Crippen LogP contribution in [0.5, 0.6) is 5.75 Å². The number of benzene rings is 1. The van der Waals surface area contributed by atoms with Gasteiger partial charge in [0.1, 0.15) is 5.75 Å². The van der Waals surface area contributed by atoms with Crippen molar-refractivity contribution in [3.05, 3.63) is 35.0 Å². The van der Waals surface area contributed by atoms with Crippen LogP contribution in [-0.2, 0) is 16.0 Å². The van der Waals surface area contributed by atoms with Gasteiger partial charge in [0.25, 0.3) is 5.91 Å². The predicted molar refractivity (Wildman–Crippen MR) is 101 cm³/mol. The lowest BCUT2D eigenvalue weighted by atomic mass is 10.00. The third-order valence-electron chi connectivity index (χ3n) is 4.47. The summed E-state index contributed by atoms with van der Waals surface area (Å²) in [6, 6.07) is 5.22. The Balaban J connectivity index is 2.20. The number of rotatable bonds is 10. The van der Waals surface area contributed by atoms with E-state index in [1.54, 1.807) is 7.11 Å². The molecule has 26 heavy (non-hydrogen) atoms. The average Bonchev–Trinajstić information content (AvgIpc) is 2.97. The fraction of sp³-hybridized carbons (Fsp3) is 0.500. The van der Waals surface area contributed by atoms with Gasteiger partial charge in [-0.1, -0.05) is 51.2 Å². The van der Waals surface area contributed by atoms with Crippen molar-refractivity contribution in [1.82, 2.24) is 10.6 Å². The Labute approximate surface area is 154 Å². The summed E-state index contributed by atoms with van der Waals surface area (Å²) in [6.45, 7) is 2.21. The van der Waals surface area contributed by atoms with E-state index in [1.807, 2.05) is 18.2 Å². The van der Waals surface area contributed by atoms with Gasteiger partial charge < -0.3 is 9.47 Å². The maximum absolute atomic E-state index is 12.0. The lowest BCUT2D eigenvalue weighted by molar-refractivity contribution is -0.115. The third-order valence-corrected chi connectivity index (χ3v) is 4.47. The van der Waals surface area contributed by atoms with Crippen LogP contribution in [0.25, 0.3) is 5.76 Å². The summed E-state index contributed by atoms with van der Waals surface area (Å²) in [6.07, 6.45) is 8.22. The van der Waals surface area contributed by atoms with Gasteiger partial charge in [0.05, 0.1) is 19.8 Å². The van der Waals surface area contributed by atoms with E-state index >= 15 is 0 Å². The van der Waals surface area contributed by atoms with E-state index < -0.39 is 11.9 Å². The van der Waals surface area contributed by atoms with Gasteiger partial charge in [-0.15, -0.1) is 0 Å². The van der Waals surface area contributed by atoms with E-state index in [9.17, 15) is 9.59 Å². The first-order chi connectivity index (χ1) is 12.6. The van der Waals surface area contributed by atoms with E-state index in [-0.39, 0.29) is 5.70 Å². The lowest BCUT2D eigenvalue weighted by Crippen LogP contribution is -2.22. The minimum absolute atomic E-state index is 0.104. The van der Waals surface area contributed by atoms with Gasteiger partial charge in [0, 0.05) is 0 Å². The zero-order valence-corrected chi connectivity index (χ0v) is 15.8. The molecule has 6 heteroatoms. The second kappa shape index (κ2) is 9.85. The Morgan fingerprint density at radius 2 is 1.73 bits per heavy atom. The van der Waals surface area contributed by atoms with Crippen LogP contribution in [0.3, 0.4) is 0 Å². The fourth-order valence-electron chi connectivity index (χ4n) is 3.17. The predicted octanol–water partition coefficient (Wildman–Crippen LogP) is 3.75. The summed E-state index contributed by atoms with van der Waals surface area (Å²) in [5.74, 6) is 0.476. The van der Waals surface area contributed by atoms with Crippen LogP contribution in [0, 0.1) is 0 Å². The largest absolute Gasteiger partial charge is 0.496 e. The van der Waals surface area contributed by atoms with E-state index in [1.165, 1.54) is 39.2 Å². The topological polar surface area (TPSA) is 76.7 Å². The monoisotopic (exact) mass is 360 g/mol. The standard InChI is InChI=1S/C20H28N2O4/c1-4-5-6-7-8-9-11-14-12-10-13-15(17(14)25-2)18(26-3)16-19(23)22-20(24)21-16/h10,12-13H,4-9,11H2,1-3H3,(H2,21,22,23,24). The molecule has 0 saturated carbocycles. The maximum Gasteiger partial charge on any atom is 0.326 e. The molecule has 142 valence electrons. The third kappa shape index (κ3) is 4.77. The van der Waals surface area contributed by atoms with Gasteiger partial charge in [-0.3, -0.25) is 15.4 Å². The molecule has 2 rings (SSSR count). The number of para-hydroxylation sites is 1. The Morgan fingerprint density at radius 1 is 1.00 bits per heavy atom. The van der Waals surface area contributed by atoms with Gasteiger partial charge in [-0.25, -0.2) is 4.79 Å². The fourth-order valence-corrected chi connectivity index (χ4v) is 3.17. The van der Waals surface area contributed by atoms with E-state index in [4.69, 9.17) is 9.47 Å². The van der Waals surface area contributed by atoms with Crippen molar-refractivity contribution in [1.29, 1.82) is 0 Å². The molecule has 0 spiro atoms. The summed E-state index contributed by atoms with van der Waals surface area (Å²) in [4.78, 5) is 23.4. The van der Waals surface area contributed by atoms with Crippen LogP contribution < -0.4 is 15.4 Å². The van der Waals surface area contributed by atoms with Crippen LogP contribution in [0.4, 0.5) is 4.79 Å². The summed E-state index contributed by atoms with van der Waals surface area (Å²) in [5.41, 5.74) is 1.83. The molecule has 1 saturated heterocycles. The number of carbonyl (C=O) groups is 2. The minimum Gasteiger partial charge on any atom is -0.496 e. The van der Waals surface area contributed by atoms with Crippen LogP contribution in [0.1, 0.15) is 56.6 Å². The molecule has 1 fully saturated rings. The van der Waals surface area contributed by atoms with E-state index in [0.29, 0.717) is 17.1 Å². The molecule has 1 aromatic carbocycles. The highest BCUT2D eigenvalue weighted by Crippen LogP contribution is 2.33. The van der Waals surface area contributed by atoms with Gasteiger partial charge in [0.15, 0.2) is 11.5 Å². The first kappa shape index (κ1) is 19.8. The molecule has 1 heterocycles. The number of methoxy groups -OCH3 is 2. The van der Waals surface area contributed by atoms with Crippen molar-refractivity contribution in [2.45, 2.75) is 51.9 Å². The van der Waals surface area contributed by atoms with Gasteiger partial charge in [-0.05, 0) is 24.5 Å². The molecular weight excluding hydrogens is 332 g/mol. The summed E-state index contributed by atoms with van der Waals surface area (Å²) in [7, 11) is 3.08. The molecule has 2 N–H and O–H groups in total. The first-order valence-electron chi connectivity index (χ1n) is 9.19. The molecular formula is C20H28N2O4. The zero-order valence-electron chi connectivity index (χ0n) is 15.8.